The number of amides is 1. The number of aromatic nitrogens is 3. The van der Waals surface area contributed by atoms with E-state index in [0.29, 0.717) is 17.9 Å². The first-order valence-corrected chi connectivity index (χ1v) is 10.1. The minimum atomic E-state index is -0.477. The van der Waals surface area contributed by atoms with Crippen LogP contribution in [0.5, 0.6) is 0 Å². The molecule has 4 aromatic rings. The summed E-state index contributed by atoms with van der Waals surface area (Å²) in [7, 11) is 1.92. The number of benzene rings is 2. The number of nitrogens with two attached hydrogens (primary N) is 1. The Labute approximate surface area is 182 Å². The summed E-state index contributed by atoms with van der Waals surface area (Å²) >= 11 is 0. The van der Waals surface area contributed by atoms with Gasteiger partial charge in [-0.25, -0.2) is 9.67 Å². The molecule has 2 heterocycles. The molecule has 6 heteroatoms. The molecule has 0 atom stereocenters. The van der Waals surface area contributed by atoms with Crippen LogP contribution in [0.4, 0.5) is 5.82 Å². The molecular weight excluding hydrogens is 386 g/mol. The molecule has 0 spiro atoms. The van der Waals surface area contributed by atoms with E-state index in [2.05, 4.69) is 4.98 Å². The molecule has 0 saturated heterocycles. The third-order valence-corrected chi connectivity index (χ3v) is 5.20. The van der Waals surface area contributed by atoms with Crippen molar-refractivity contribution in [2.75, 3.05) is 11.9 Å². The van der Waals surface area contributed by atoms with Crippen LogP contribution in [0.1, 0.15) is 27.2 Å². The number of primary amides is 1. The first-order valence-electron chi connectivity index (χ1n) is 10.1. The molecule has 0 fully saturated rings. The Morgan fingerprint density at radius 2 is 1.68 bits per heavy atom. The molecule has 1 amide bonds. The van der Waals surface area contributed by atoms with Crippen molar-refractivity contribution < 1.29 is 4.79 Å². The van der Waals surface area contributed by atoms with Gasteiger partial charge in [-0.3, -0.25) is 4.79 Å². The molecule has 0 aliphatic heterocycles. The van der Waals surface area contributed by atoms with Gasteiger partial charge in [-0.05, 0) is 37.6 Å². The zero-order valence-corrected chi connectivity index (χ0v) is 17.9. The quantitative estimate of drug-likeness (QED) is 0.514. The molecule has 156 valence electrons. The summed E-state index contributed by atoms with van der Waals surface area (Å²) in [6.45, 7) is 4.32. The average Bonchev–Trinajstić information content (AvgIpc) is 3.18. The summed E-state index contributed by atoms with van der Waals surface area (Å²) in [6.07, 6.45) is 2.03. The maximum atomic E-state index is 12.1. The number of pyridine rings is 1. The molecule has 0 saturated carbocycles. The summed E-state index contributed by atoms with van der Waals surface area (Å²) in [5.74, 6) is 0.103. The predicted octanol–water partition coefficient (Wildman–Crippen LogP) is 4.29. The van der Waals surface area contributed by atoms with Gasteiger partial charge >= 0.3 is 0 Å². The summed E-state index contributed by atoms with van der Waals surface area (Å²) in [6, 6.07) is 22.0. The zero-order chi connectivity index (χ0) is 22.0. The molecular formula is C25H25N5O. The Morgan fingerprint density at radius 1 is 1.03 bits per heavy atom. The van der Waals surface area contributed by atoms with Gasteiger partial charge in [0, 0.05) is 36.6 Å². The van der Waals surface area contributed by atoms with Crippen molar-refractivity contribution in [1.29, 1.82) is 0 Å². The van der Waals surface area contributed by atoms with Crippen molar-refractivity contribution >= 4 is 11.7 Å². The van der Waals surface area contributed by atoms with Crippen LogP contribution in [0.25, 0.3) is 16.9 Å². The topological polar surface area (TPSA) is 77.0 Å². The third kappa shape index (κ3) is 4.19. The van der Waals surface area contributed by atoms with E-state index in [1.54, 1.807) is 0 Å². The molecule has 31 heavy (non-hydrogen) atoms. The van der Waals surface area contributed by atoms with E-state index in [-0.39, 0.29) is 0 Å². The average molecular weight is 412 g/mol. The second-order valence-corrected chi connectivity index (χ2v) is 7.65. The van der Waals surface area contributed by atoms with E-state index >= 15 is 0 Å². The molecule has 2 aromatic carbocycles. The summed E-state index contributed by atoms with van der Waals surface area (Å²) in [5, 5.41) is 4.87. The second kappa shape index (κ2) is 8.44. The number of rotatable bonds is 6. The Balaban J connectivity index is 1.78. The molecule has 2 aromatic heterocycles. The van der Waals surface area contributed by atoms with Crippen LogP contribution in [-0.4, -0.2) is 27.7 Å². The molecule has 0 unspecified atom stereocenters. The Hall–Kier alpha value is -3.93. The highest BCUT2D eigenvalue weighted by Gasteiger charge is 2.20. The Kier molecular flexibility index (Phi) is 5.54. The number of nitrogens with zero attached hydrogens (tertiary/aromatic N) is 4. The highest BCUT2D eigenvalue weighted by atomic mass is 16.1. The predicted molar refractivity (Wildman–Crippen MR) is 123 cm³/mol. The maximum absolute atomic E-state index is 12.1. The number of anilines is 1. The van der Waals surface area contributed by atoms with Crippen molar-refractivity contribution in [1.82, 2.24) is 14.8 Å². The fourth-order valence-corrected chi connectivity index (χ4v) is 3.81. The molecule has 0 aliphatic rings. The molecule has 4 rings (SSSR count). The first-order chi connectivity index (χ1) is 14.9. The fraction of sp³-hybridized carbons (Fsp3) is 0.160. The third-order valence-electron chi connectivity index (χ3n) is 5.20. The number of hydrogen-bond donors (Lipinski definition) is 1. The van der Waals surface area contributed by atoms with Crippen LogP contribution in [0.3, 0.4) is 0 Å². The summed E-state index contributed by atoms with van der Waals surface area (Å²) in [4.78, 5) is 18.7. The highest BCUT2D eigenvalue weighted by molar-refractivity contribution is 5.99. The lowest BCUT2D eigenvalue weighted by Crippen LogP contribution is -2.24. The molecule has 0 aliphatic carbocycles. The minimum Gasteiger partial charge on any atom is -0.365 e. The van der Waals surface area contributed by atoms with E-state index in [1.165, 1.54) is 0 Å². The first kappa shape index (κ1) is 20.3. The lowest BCUT2D eigenvalue weighted by atomic mass is 10.1. The molecule has 0 radical (unpaired) electrons. The highest BCUT2D eigenvalue weighted by Crippen LogP contribution is 2.28. The van der Waals surface area contributed by atoms with Gasteiger partial charge in [0.2, 0.25) is 0 Å². The van der Waals surface area contributed by atoms with E-state index in [0.717, 1.165) is 33.8 Å². The SMILES string of the molecule is Cc1cc(C)c(C(N)=O)c(N(C)Cc2cn(-c3ccccc3)nc2-c2ccccc2)n1. The Bertz CT molecular complexity index is 1220. The minimum absolute atomic E-state index is 0.449. The number of hydrogen-bond acceptors (Lipinski definition) is 4. The molecule has 6 nitrogen and oxygen atoms in total. The standard InChI is InChI=1S/C25H25N5O/c1-17-14-18(2)27-25(22(17)24(26)31)29(3)15-20-16-30(21-12-8-5-9-13-21)28-23(20)19-10-6-4-7-11-19/h4-14,16H,15H2,1-3H3,(H2,26,31). The van der Waals surface area contributed by atoms with Crippen molar-refractivity contribution in [2.45, 2.75) is 20.4 Å². The van der Waals surface area contributed by atoms with Crippen LogP contribution >= 0.6 is 0 Å². The van der Waals surface area contributed by atoms with E-state index in [4.69, 9.17) is 10.8 Å². The number of aryl methyl sites for hydroxylation is 2. The monoisotopic (exact) mass is 411 g/mol. The largest absolute Gasteiger partial charge is 0.365 e. The maximum Gasteiger partial charge on any atom is 0.252 e. The number of carbonyl (C=O) groups is 1. The van der Waals surface area contributed by atoms with Crippen molar-refractivity contribution in [3.63, 3.8) is 0 Å². The summed E-state index contributed by atoms with van der Waals surface area (Å²) in [5.41, 5.74) is 11.7. The smallest absolute Gasteiger partial charge is 0.252 e. The van der Waals surface area contributed by atoms with Gasteiger partial charge in [0.05, 0.1) is 16.9 Å². The van der Waals surface area contributed by atoms with Crippen LogP contribution in [-0.2, 0) is 6.54 Å². The normalized spacial score (nSPS) is 10.8. The lowest BCUT2D eigenvalue weighted by Gasteiger charge is -2.22. The van der Waals surface area contributed by atoms with Gasteiger partial charge in [0.25, 0.3) is 5.91 Å². The van der Waals surface area contributed by atoms with Gasteiger partial charge in [0.1, 0.15) is 5.82 Å². The lowest BCUT2D eigenvalue weighted by molar-refractivity contribution is 0.1000. The zero-order valence-electron chi connectivity index (χ0n) is 17.9. The van der Waals surface area contributed by atoms with E-state index < -0.39 is 5.91 Å². The molecule has 2 N–H and O–H groups in total. The van der Waals surface area contributed by atoms with Crippen molar-refractivity contribution in [2.24, 2.45) is 5.73 Å². The fourth-order valence-electron chi connectivity index (χ4n) is 3.81. The second-order valence-electron chi connectivity index (χ2n) is 7.65. The number of para-hydroxylation sites is 1. The van der Waals surface area contributed by atoms with Gasteiger partial charge in [0.15, 0.2) is 0 Å². The van der Waals surface area contributed by atoms with E-state index in [9.17, 15) is 4.79 Å². The van der Waals surface area contributed by atoms with Crippen LogP contribution < -0.4 is 10.6 Å². The van der Waals surface area contributed by atoms with Gasteiger partial charge < -0.3 is 10.6 Å². The van der Waals surface area contributed by atoms with Gasteiger partial charge in [-0.1, -0.05) is 48.5 Å². The van der Waals surface area contributed by atoms with Gasteiger partial charge in [-0.2, -0.15) is 5.10 Å². The van der Waals surface area contributed by atoms with Crippen LogP contribution in [0.15, 0.2) is 72.9 Å². The Morgan fingerprint density at radius 3 is 2.32 bits per heavy atom. The van der Waals surface area contributed by atoms with Crippen molar-refractivity contribution in [3.8, 4) is 16.9 Å². The van der Waals surface area contributed by atoms with Crippen LogP contribution in [0.2, 0.25) is 0 Å². The van der Waals surface area contributed by atoms with Gasteiger partial charge in [-0.15, -0.1) is 0 Å². The van der Waals surface area contributed by atoms with Crippen molar-refractivity contribution in [3.05, 3.63) is 95.3 Å². The van der Waals surface area contributed by atoms with E-state index in [1.807, 2.05) is 103 Å². The van der Waals surface area contributed by atoms with Crippen LogP contribution in [0, 0.1) is 13.8 Å². The number of carbonyl (C=O) groups excluding carboxylic acids is 1. The molecule has 0 bridgehead atoms. The summed E-state index contributed by atoms with van der Waals surface area (Å²) < 4.78 is 1.88.